The van der Waals surface area contributed by atoms with Gasteiger partial charge >= 0.3 is 36.5 Å². The Morgan fingerprint density at radius 2 is 1.02 bits per heavy atom. The van der Waals surface area contributed by atoms with Gasteiger partial charge in [0.25, 0.3) is 11.4 Å². The van der Waals surface area contributed by atoms with Crippen LogP contribution in [0.25, 0.3) is 0 Å². The largest absolute Gasteiger partial charge is 0.519 e. The van der Waals surface area contributed by atoms with Gasteiger partial charge in [-0.3, -0.25) is 58.6 Å². The van der Waals surface area contributed by atoms with Crippen molar-refractivity contribution in [3.05, 3.63) is 164 Å². The van der Waals surface area contributed by atoms with Gasteiger partial charge in [-0.2, -0.15) is 0 Å². The molecule has 5 fully saturated rings. The van der Waals surface area contributed by atoms with Crippen LogP contribution in [-0.4, -0.2) is 234 Å². The minimum absolute atomic E-state index is 0.0292. The van der Waals surface area contributed by atoms with E-state index in [1.807, 2.05) is 53.7 Å². The van der Waals surface area contributed by atoms with E-state index in [1.54, 1.807) is 60.4 Å². The lowest BCUT2D eigenvalue weighted by atomic mass is 9.88. The van der Waals surface area contributed by atoms with E-state index in [9.17, 15) is 87.4 Å². The number of hydrogen-bond acceptors (Lipinski definition) is 27. The third kappa shape index (κ3) is 43.8. The number of nitro benzene ring substituents is 2. The summed E-state index contributed by atoms with van der Waals surface area (Å²) < 4.78 is 44.4. The number of epoxide rings is 1. The number of primary amides is 3. The molecule has 5 aliphatic rings. The van der Waals surface area contributed by atoms with Crippen molar-refractivity contribution in [2.24, 2.45) is 46.8 Å². The van der Waals surface area contributed by atoms with Crippen LogP contribution in [-0.2, 0) is 80.0 Å². The van der Waals surface area contributed by atoms with Gasteiger partial charge in [-0.15, -0.1) is 0 Å². The second-order valence-electron chi connectivity index (χ2n) is 37.5. The van der Waals surface area contributed by atoms with Crippen LogP contribution >= 0.6 is 0 Å². The van der Waals surface area contributed by atoms with E-state index in [0.29, 0.717) is 81.6 Å². The van der Waals surface area contributed by atoms with Gasteiger partial charge in [-0.25, -0.2) is 28.8 Å². The van der Waals surface area contributed by atoms with Crippen LogP contribution in [0.2, 0.25) is 0 Å². The number of nitrogens with one attached hydrogen (secondary N) is 8. The Morgan fingerprint density at radius 3 is 1.44 bits per heavy atom. The van der Waals surface area contributed by atoms with Crippen molar-refractivity contribution in [3.8, 4) is 11.5 Å². The SMILES string of the molecule is CCCCCCC(=O)N[C@H](C(=O)C[C@@H](CCCNC(N)=O)C(=O)Nc1ccc(COC(=O)N2CCN(C(=O)O[C@@H](C)/C=C\C(=O)N[C@@H]3C[C@H](C)C(C/C=C(C)/C=C/C4C[C@]5(CO5)C[C@@H](CC(N)=O)O4)O[C@@H]3C)CC2)cc1)C(C)C.CCCCCCC(=O)N[C@H](C(=O)C[C@@H](CCCNC(N)=O)C(=O)Nc1ccc(COC(=O)N2CCNCC2)cc1)C(C)C.O=C(Oc1ccc([N+](=O)[O-])cc1)Oc1ccc([N+](=O)[O-])cc1. The highest BCUT2D eigenvalue weighted by Crippen LogP contribution is 2.43. The fourth-order valence-electron chi connectivity index (χ4n) is 16.5. The summed E-state index contributed by atoms with van der Waals surface area (Å²) in [6, 6.07) is 20.4. The fraction of sp³-hybridized carbons (Fsp3) is 0.569. The summed E-state index contributed by atoms with van der Waals surface area (Å²) in [6.07, 6.45) is 17.8. The number of non-ortho nitro benzene ring substituents is 2. The number of hydrogen-bond donors (Lipinski definition) is 11. The Kier molecular flexibility index (Phi) is 50.2. The Morgan fingerprint density at radius 1 is 0.569 bits per heavy atom. The number of ether oxygens (including phenoxy) is 8. The van der Waals surface area contributed by atoms with Gasteiger partial charge in [0.2, 0.25) is 35.4 Å². The topological polar surface area (TPSA) is 586 Å². The summed E-state index contributed by atoms with van der Waals surface area (Å²) in [4.78, 5) is 200. The number of piperazine rings is 2. The number of ketones is 2. The fourth-order valence-corrected chi connectivity index (χ4v) is 16.5. The summed E-state index contributed by atoms with van der Waals surface area (Å²) in [5.41, 5.74) is 18.8. The highest BCUT2D eigenvalue weighted by molar-refractivity contribution is 5.99. The highest BCUT2D eigenvalue weighted by atomic mass is 16.7. The zero-order valence-electron chi connectivity index (χ0n) is 84.3. The number of anilines is 2. The second-order valence-corrected chi connectivity index (χ2v) is 37.5. The van der Waals surface area contributed by atoms with Gasteiger partial charge in [-0.05, 0) is 156 Å². The molecular weight excluding hydrogens is 1870 g/mol. The predicted molar refractivity (Wildman–Crippen MR) is 535 cm³/mol. The molecule has 0 saturated carbocycles. The first-order chi connectivity index (χ1) is 68.7. The van der Waals surface area contributed by atoms with Crippen LogP contribution in [0.3, 0.4) is 0 Å². The maximum Gasteiger partial charge on any atom is 0.519 e. The maximum absolute atomic E-state index is 13.6. The van der Waals surface area contributed by atoms with Gasteiger partial charge in [0.1, 0.15) is 30.8 Å². The number of Topliss-reactive ketones (excluding diaryl/α,β-unsaturated/α-hetero) is 2. The smallest absolute Gasteiger partial charge is 0.445 e. The molecule has 4 aromatic carbocycles. The summed E-state index contributed by atoms with van der Waals surface area (Å²) in [6.45, 7) is 24.2. The molecule has 0 aromatic heterocycles. The number of benzene rings is 4. The third-order valence-corrected chi connectivity index (χ3v) is 24.8. The van der Waals surface area contributed by atoms with Crippen molar-refractivity contribution in [3.63, 3.8) is 0 Å². The Bertz CT molecular complexity index is 4900. The van der Waals surface area contributed by atoms with E-state index in [2.05, 4.69) is 69.4 Å². The monoisotopic (exact) mass is 2010 g/mol. The van der Waals surface area contributed by atoms with Crippen LogP contribution in [0.1, 0.15) is 215 Å². The minimum atomic E-state index is -1.07. The van der Waals surface area contributed by atoms with Crippen molar-refractivity contribution in [2.75, 3.05) is 82.7 Å². The molecule has 14 N–H and O–H groups in total. The summed E-state index contributed by atoms with van der Waals surface area (Å²) in [7, 11) is 0. The number of nitrogens with zero attached hydrogens (tertiary/aromatic N) is 5. The number of urea groups is 2. The van der Waals surface area contributed by atoms with E-state index >= 15 is 0 Å². The number of nitro groups is 2. The molecule has 790 valence electrons. The van der Waals surface area contributed by atoms with E-state index in [1.165, 1.54) is 70.5 Å². The molecule has 0 bridgehead atoms. The van der Waals surface area contributed by atoms with Gasteiger partial charge < -0.3 is 112 Å². The number of amides is 13. The van der Waals surface area contributed by atoms with Crippen molar-refractivity contribution >= 4 is 106 Å². The van der Waals surface area contributed by atoms with Gasteiger partial charge in [0, 0.05) is 158 Å². The van der Waals surface area contributed by atoms with E-state index in [0.717, 1.165) is 88.4 Å². The molecular formula is C102H146N16O26. The molecule has 144 heavy (non-hydrogen) atoms. The summed E-state index contributed by atoms with van der Waals surface area (Å²) in [5.74, 6) is -3.69. The minimum Gasteiger partial charge on any atom is -0.445 e. The lowest BCUT2D eigenvalue weighted by Gasteiger charge is -2.39. The average molecular weight is 2010 g/mol. The zero-order chi connectivity index (χ0) is 105. The molecule has 2 unspecified atom stereocenters. The van der Waals surface area contributed by atoms with Crippen LogP contribution in [0.5, 0.6) is 11.5 Å². The van der Waals surface area contributed by atoms with Crippen LogP contribution in [0.15, 0.2) is 133 Å². The predicted octanol–water partition coefficient (Wildman–Crippen LogP) is 12.9. The van der Waals surface area contributed by atoms with Crippen LogP contribution < -0.4 is 69.2 Å². The first-order valence-electron chi connectivity index (χ1n) is 49.6. The number of nitrogens with two attached hydrogens (primary N) is 3. The molecule has 5 saturated heterocycles. The summed E-state index contributed by atoms with van der Waals surface area (Å²) in [5, 5.41) is 43.7. The van der Waals surface area contributed by atoms with E-state index in [-0.39, 0.29) is 202 Å². The lowest BCUT2D eigenvalue weighted by molar-refractivity contribution is -0.385. The van der Waals surface area contributed by atoms with Crippen molar-refractivity contribution in [1.29, 1.82) is 0 Å². The molecule has 42 heteroatoms. The normalized spacial score (nSPS) is 19.2. The Balaban J connectivity index is 0.000000356. The number of rotatable bonds is 50. The van der Waals surface area contributed by atoms with Gasteiger partial charge in [0.15, 0.2) is 11.6 Å². The standard InChI is InChI=1S/C58H88N8O13.C31H50N6O6.C13H8N2O7/c1-8-9-10-11-14-51(69)64-53(37(2)3)48(67)31-43(13-12-25-61-55(60)72)54(71)62-44-20-18-42(19-21-44)35-75-56(73)65-26-28-66(29-27-65)57(74)77-40(6)17-24-52(70)63-47-30-39(5)49(78-41(47)7)23-16-38(4)15-22-45-33-58(36-76-58)34-46(79-45)32-50(59)68;1-4-5-6-7-10-27(39)36-28(22(2)3)26(38)20-24(9-8-15-34-30(32)41)29(40)35-25-13-11-23(12-14-25)21-43-31(42)37-18-16-33-17-19-37;16-13(21-11-5-1-9(2-6-11)14(17)18)22-12-7-3-10(4-8-12)15(19)20/h15-22,24,37,39-41,43,45-47,49,53H,8-14,23,25-36H2,1-7H3,(H2,59,68)(H,62,71)(H,63,70)(H,64,69)(H3,60,61,72);11-14,22,24,28,33H,4-10,15-21H2,1-3H3,(H,35,40)(H,36,39)(H3,32,34,41);1-8H/b22-15+,24-17-,38-16+;;/t39-,40-,41+,43+,45?,46+,47+,49?,53-,58+;24-,28+;/m01./s1. The first-order valence-corrected chi connectivity index (χ1v) is 49.6. The Hall–Kier alpha value is -13.5. The van der Waals surface area contributed by atoms with Crippen molar-refractivity contribution in [2.45, 2.75) is 272 Å². The molecule has 12 atom stereocenters. The molecule has 1 spiro atoms. The van der Waals surface area contributed by atoms with Gasteiger partial charge in [-0.1, -0.05) is 135 Å². The van der Waals surface area contributed by atoms with Gasteiger partial charge in [0.05, 0.1) is 71.0 Å². The average Bonchev–Trinajstić information content (AvgIpc) is 1.62. The first kappa shape index (κ1) is 117. The molecule has 42 nitrogen and oxygen atoms in total. The Labute approximate surface area is 840 Å². The molecule has 13 amide bonds. The quantitative estimate of drug-likeness (QED) is 0.00225. The third-order valence-electron chi connectivity index (χ3n) is 24.8. The highest BCUT2D eigenvalue weighted by Gasteiger charge is 2.51. The molecule has 9 rings (SSSR count). The molecule has 5 heterocycles. The molecule has 0 aliphatic carbocycles. The lowest BCUT2D eigenvalue weighted by Crippen LogP contribution is -2.51. The molecule has 0 radical (unpaired) electrons. The van der Waals surface area contributed by atoms with E-state index in [4.69, 9.17) is 55.1 Å². The second kappa shape index (κ2) is 61.5. The van der Waals surface area contributed by atoms with Crippen LogP contribution in [0, 0.1) is 49.8 Å². The zero-order valence-corrected chi connectivity index (χ0v) is 84.3. The molecule has 5 aliphatic heterocycles. The number of carbonyl (C=O) groups is 14. The maximum atomic E-state index is 13.6. The van der Waals surface area contributed by atoms with Crippen molar-refractivity contribution < 1.29 is 115 Å². The number of carbonyl (C=O) groups excluding carboxylic acids is 14. The number of unbranched alkanes of at least 4 members (excludes halogenated alkanes) is 6. The summed E-state index contributed by atoms with van der Waals surface area (Å²) >= 11 is 0. The van der Waals surface area contributed by atoms with E-state index < -0.39 is 76.2 Å². The van der Waals surface area contributed by atoms with Crippen LogP contribution in [0.4, 0.5) is 51.5 Å². The van der Waals surface area contributed by atoms with Crippen molar-refractivity contribution in [1.82, 2.24) is 46.6 Å². The molecule has 4 aromatic rings. The number of allylic oxidation sites excluding steroid dienone is 2.